The number of rotatable bonds is 6. The molecular weight excluding hydrogens is 204 g/mol. The van der Waals surface area contributed by atoms with Crippen LogP contribution in [-0.4, -0.2) is 25.4 Å². The van der Waals surface area contributed by atoms with Crippen molar-refractivity contribution >= 4 is 6.08 Å². The van der Waals surface area contributed by atoms with Crippen LogP contribution in [0.3, 0.4) is 0 Å². The molecule has 0 radical (unpaired) electrons. The van der Waals surface area contributed by atoms with Gasteiger partial charge in [0.15, 0.2) is 11.5 Å². The molecular formula is C13H18O3. The zero-order valence-electron chi connectivity index (χ0n) is 9.77. The van der Waals surface area contributed by atoms with Gasteiger partial charge in [-0.25, -0.2) is 0 Å². The Morgan fingerprint density at radius 2 is 2.12 bits per heavy atom. The number of hydrogen-bond donors (Lipinski definition) is 1. The number of hydrogen-bond acceptors (Lipinski definition) is 3. The second-order valence-corrected chi connectivity index (χ2v) is 3.34. The van der Waals surface area contributed by atoms with Gasteiger partial charge in [0.05, 0.1) is 13.7 Å². The lowest BCUT2D eigenvalue weighted by Gasteiger charge is -2.10. The van der Waals surface area contributed by atoms with Gasteiger partial charge in [0.25, 0.3) is 0 Å². The third-order valence-electron chi connectivity index (χ3n) is 2.11. The van der Waals surface area contributed by atoms with Crippen molar-refractivity contribution in [1.29, 1.82) is 0 Å². The molecule has 16 heavy (non-hydrogen) atoms. The summed E-state index contributed by atoms with van der Waals surface area (Å²) in [6.45, 7) is 2.60. The second kappa shape index (κ2) is 6.90. The predicted octanol–water partition coefficient (Wildman–Crippen LogP) is 2.49. The van der Waals surface area contributed by atoms with Crippen LogP contribution < -0.4 is 9.47 Å². The van der Waals surface area contributed by atoms with Crippen LogP contribution in [-0.2, 0) is 0 Å². The van der Waals surface area contributed by atoms with Gasteiger partial charge in [0.2, 0.25) is 0 Å². The van der Waals surface area contributed by atoms with Crippen LogP contribution >= 0.6 is 0 Å². The quantitative estimate of drug-likeness (QED) is 0.751. The third kappa shape index (κ3) is 3.59. The van der Waals surface area contributed by atoms with Crippen LogP contribution in [0.4, 0.5) is 0 Å². The lowest BCUT2D eigenvalue weighted by atomic mass is 10.2. The number of ether oxygens (including phenoxy) is 2. The highest BCUT2D eigenvalue weighted by atomic mass is 16.5. The van der Waals surface area contributed by atoms with Crippen LogP contribution in [0.25, 0.3) is 6.08 Å². The van der Waals surface area contributed by atoms with E-state index in [0.29, 0.717) is 24.5 Å². The summed E-state index contributed by atoms with van der Waals surface area (Å²) < 4.78 is 10.7. The maximum atomic E-state index is 8.66. The molecule has 1 aromatic rings. The Morgan fingerprint density at radius 3 is 2.75 bits per heavy atom. The van der Waals surface area contributed by atoms with Crippen molar-refractivity contribution in [1.82, 2.24) is 0 Å². The van der Waals surface area contributed by atoms with Gasteiger partial charge in [-0.2, -0.15) is 0 Å². The van der Waals surface area contributed by atoms with E-state index in [0.717, 1.165) is 5.56 Å². The van der Waals surface area contributed by atoms with Crippen molar-refractivity contribution in [3.63, 3.8) is 0 Å². The minimum Gasteiger partial charge on any atom is -0.493 e. The Hall–Kier alpha value is -1.48. The summed E-state index contributed by atoms with van der Waals surface area (Å²) in [5.41, 5.74) is 1.08. The summed E-state index contributed by atoms with van der Waals surface area (Å²) in [6.07, 6.45) is 4.60. The van der Waals surface area contributed by atoms with Crippen molar-refractivity contribution in [2.24, 2.45) is 0 Å². The van der Waals surface area contributed by atoms with Crippen LogP contribution in [0.15, 0.2) is 24.3 Å². The average Bonchev–Trinajstić information content (AvgIpc) is 2.31. The Kier molecular flexibility index (Phi) is 5.43. The highest BCUT2D eigenvalue weighted by Gasteiger charge is 2.04. The number of benzene rings is 1. The zero-order valence-corrected chi connectivity index (χ0v) is 9.77. The van der Waals surface area contributed by atoms with Gasteiger partial charge >= 0.3 is 0 Å². The minimum atomic E-state index is 0.138. The standard InChI is InChI=1S/C13H18O3/c1-3-5-11-6-7-12(13(10-11)15-2)16-9-4-8-14/h3,5-7,10,14H,4,8-9H2,1-2H3/b5-3+. The fourth-order valence-electron chi connectivity index (χ4n) is 1.35. The molecule has 88 valence electrons. The lowest BCUT2D eigenvalue weighted by Crippen LogP contribution is -2.01. The Balaban J connectivity index is 2.76. The number of aliphatic hydroxyl groups is 1. The Labute approximate surface area is 96.3 Å². The molecule has 0 aliphatic heterocycles. The molecule has 0 bridgehead atoms. The van der Waals surface area contributed by atoms with Crippen molar-refractivity contribution < 1.29 is 14.6 Å². The highest BCUT2D eigenvalue weighted by molar-refractivity contribution is 5.55. The molecule has 0 heterocycles. The molecule has 0 saturated heterocycles. The first-order valence-corrected chi connectivity index (χ1v) is 5.36. The maximum absolute atomic E-state index is 8.66. The molecule has 0 saturated carbocycles. The molecule has 0 aromatic heterocycles. The summed E-state index contributed by atoms with van der Waals surface area (Å²) in [5, 5.41) is 8.66. The van der Waals surface area contributed by atoms with Crippen LogP contribution in [0, 0.1) is 0 Å². The van der Waals surface area contributed by atoms with Gasteiger partial charge in [-0.15, -0.1) is 0 Å². The summed E-state index contributed by atoms with van der Waals surface area (Å²) in [6, 6.07) is 5.77. The molecule has 0 spiro atoms. The van der Waals surface area contributed by atoms with Crippen molar-refractivity contribution in [3.8, 4) is 11.5 Å². The predicted molar refractivity (Wildman–Crippen MR) is 64.9 cm³/mol. The molecule has 0 aliphatic rings. The van der Waals surface area contributed by atoms with Gasteiger partial charge in [0, 0.05) is 13.0 Å². The van der Waals surface area contributed by atoms with Gasteiger partial charge in [0.1, 0.15) is 0 Å². The van der Waals surface area contributed by atoms with E-state index in [4.69, 9.17) is 14.6 Å². The fraction of sp³-hybridized carbons (Fsp3) is 0.385. The maximum Gasteiger partial charge on any atom is 0.161 e. The minimum absolute atomic E-state index is 0.138. The van der Waals surface area contributed by atoms with Crippen LogP contribution in [0.1, 0.15) is 18.9 Å². The van der Waals surface area contributed by atoms with Crippen molar-refractivity contribution in [2.75, 3.05) is 20.3 Å². The molecule has 0 atom stereocenters. The molecule has 0 aliphatic carbocycles. The Morgan fingerprint density at radius 1 is 1.31 bits per heavy atom. The van der Waals surface area contributed by atoms with Crippen molar-refractivity contribution in [3.05, 3.63) is 29.8 Å². The largest absolute Gasteiger partial charge is 0.493 e. The molecule has 1 aromatic carbocycles. The first kappa shape index (κ1) is 12.6. The molecule has 1 N–H and O–H groups in total. The SMILES string of the molecule is C/C=C/c1ccc(OCCCO)c(OC)c1. The van der Waals surface area contributed by atoms with Gasteiger partial charge in [-0.05, 0) is 24.6 Å². The number of aliphatic hydroxyl groups excluding tert-OH is 1. The number of allylic oxidation sites excluding steroid dienone is 1. The molecule has 3 nitrogen and oxygen atoms in total. The third-order valence-corrected chi connectivity index (χ3v) is 2.11. The molecule has 1 rings (SSSR count). The Bertz CT molecular complexity index is 345. The second-order valence-electron chi connectivity index (χ2n) is 3.34. The number of methoxy groups -OCH3 is 1. The van der Waals surface area contributed by atoms with Gasteiger partial charge in [-0.1, -0.05) is 18.2 Å². The van der Waals surface area contributed by atoms with E-state index >= 15 is 0 Å². The van der Waals surface area contributed by atoms with Crippen LogP contribution in [0.5, 0.6) is 11.5 Å². The lowest BCUT2D eigenvalue weighted by molar-refractivity contribution is 0.228. The first-order valence-electron chi connectivity index (χ1n) is 5.36. The van der Waals surface area contributed by atoms with E-state index < -0.39 is 0 Å². The smallest absolute Gasteiger partial charge is 0.161 e. The van der Waals surface area contributed by atoms with Gasteiger partial charge in [-0.3, -0.25) is 0 Å². The normalized spacial score (nSPS) is 10.7. The van der Waals surface area contributed by atoms with E-state index in [2.05, 4.69) is 0 Å². The highest BCUT2D eigenvalue weighted by Crippen LogP contribution is 2.28. The molecule has 0 unspecified atom stereocenters. The van der Waals surface area contributed by atoms with E-state index in [1.54, 1.807) is 7.11 Å². The molecule has 0 fully saturated rings. The first-order chi connectivity index (χ1) is 7.81. The van der Waals surface area contributed by atoms with E-state index in [1.807, 2.05) is 37.3 Å². The molecule has 3 heteroatoms. The summed E-state index contributed by atoms with van der Waals surface area (Å²) >= 11 is 0. The monoisotopic (exact) mass is 222 g/mol. The summed E-state index contributed by atoms with van der Waals surface area (Å²) in [7, 11) is 1.62. The van der Waals surface area contributed by atoms with E-state index in [9.17, 15) is 0 Å². The fourth-order valence-corrected chi connectivity index (χ4v) is 1.35. The topological polar surface area (TPSA) is 38.7 Å². The average molecular weight is 222 g/mol. The van der Waals surface area contributed by atoms with Crippen LogP contribution in [0.2, 0.25) is 0 Å². The summed E-state index contributed by atoms with van der Waals surface area (Å²) in [5.74, 6) is 1.43. The van der Waals surface area contributed by atoms with Gasteiger partial charge < -0.3 is 14.6 Å². The molecule has 0 amide bonds. The van der Waals surface area contributed by atoms with E-state index in [-0.39, 0.29) is 6.61 Å². The van der Waals surface area contributed by atoms with E-state index in [1.165, 1.54) is 0 Å². The van der Waals surface area contributed by atoms with Crippen molar-refractivity contribution in [2.45, 2.75) is 13.3 Å². The zero-order chi connectivity index (χ0) is 11.8. The summed E-state index contributed by atoms with van der Waals surface area (Å²) in [4.78, 5) is 0.